The first kappa shape index (κ1) is 44.2. The maximum Gasteiger partial charge on any atom is 2.00 e. The van der Waals surface area contributed by atoms with Crippen molar-refractivity contribution in [2.45, 2.75) is 77.0 Å². The van der Waals surface area contributed by atoms with E-state index in [0.717, 1.165) is 43.5 Å². The van der Waals surface area contributed by atoms with E-state index in [-0.39, 0.29) is 57.0 Å². The van der Waals surface area contributed by atoms with Gasteiger partial charge in [0.1, 0.15) is 0 Å². The van der Waals surface area contributed by atoms with E-state index in [9.17, 15) is 8.42 Å². The first-order chi connectivity index (χ1) is 15.2. The molecule has 0 spiro atoms. The van der Waals surface area contributed by atoms with Crippen molar-refractivity contribution in [3.63, 3.8) is 0 Å². The van der Waals surface area contributed by atoms with E-state index in [4.69, 9.17) is 4.18 Å². The van der Waals surface area contributed by atoms with E-state index >= 15 is 0 Å². The summed E-state index contributed by atoms with van der Waals surface area (Å²) < 4.78 is 26.4. The second kappa shape index (κ2) is 26.4. The van der Waals surface area contributed by atoms with Crippen LogP contribution in [-0.2, 0) is 56.4 Å². The van der Waals surface area contributed by atoms with Gasteiger partial charge < -0.3 is 30.4 Å². The maximum atomic E-state index is 10.8. The molecule has 9 heteroatoms. The predicted octanol–water partition coefficient (Wildman–Crippen LogP) is 6.59. The summed E-state index contributed by atoms with van der Waals surface area (Å²) in [6.07, 6.45) is 16.7. The molecule has 0 aromatic carbocycles. The zero-order chi connectivity index (χ0) is 23.8. The minimum Gasteiger partial charge on any atom is -0.665 e. The smallest absolute Gasteiger partial charge is 0.665 e. The van der Waals surface area contributed by atoms with Gasteiger partial charge >= 0.3 is 42.1 Å². The molecule has 0 heterocycles. The van der Waals surface area contributed by atoms with Gasteiger partial charge in [-0.2, -0.15) is 22.5 Å². The van der Waals surface area contributed by atoms with Crippen LogP contribution in [0.2, 0.25) is 0 Å². The Morgan fingerprint density at radius 3 is 1.33 bits per heavy atom. The van der Waals surface area contributed by atoms with Crippen molar-refractivity contribution < 1.29 is 54.7 Å². The Hall–Kier alpha value is 1.17. The summed E-state index contributed by atoms with van der Waals surface area (Å²) in [4.78, 5) is 2.31. The molecule has 0 radical (unpaired) electrons. The van der Waals surface area contributed by atoms with Crippen molar-refractivity contribution in [1.29, 1.82) is 0 Å². The average molecular weight is 872 g/mol. The summed E-state index contributed by atoms with van der Waals surface area (Å²) in [5.74, 6) is 3.45. The molecule has 2 aliphatic rings. The molecule has 0 aromatic rings. The van der Waals surface area contributed by atoms with Crippen LogP contribution in [0.1, 0.15) is 77.0 Å². The van der Waals surface area contributed by atoms with E-state index in [1.54, 1.807) is 0 Å². The van der Waals surface area contributed by atoms with Gasteiger partial charge in [-0.3, -0.25) is 4.18 Å². The normalized spacial score (nSPS) is 23.6. The van der Waals surface area contributed by atoms with Crippen LogP contribution in [0.4, 0.5) is 0 Å². The number of nitrogens with zero attached hydrogens (tertiary/aromatic N) is 3. The zero-order valence-corrected chi connectivity index (χ0v) is 31.1. The molecule has 0 atom stereocenters. The molecule has 0 amide bonds. The molecular weight excluding hydrogens is 814 g/mol. The average Bonchev–Trinajstić information content (AvgIpc) is 2.76. The van der Waals surface area contributed by atoms with Crippen molar-refractivity contribution in [3.8, 4) is 0 Å². The molecule has 0 bridgehead atoms. The predicted molar refractivity (Wildman–Crippen MR) is 150 cm³/mol. The first-order valence-corrected chi connectivity index (χ1v) is 14.6. The molecule has 0 N–H and O–H groups in total. The van der Waals surface area contributed by atoms with Crippen molar-refractivity contribution in [3.05, 3.63) is 25.5 Å². The van der Waals surface area contributed by atoms with Crippen LogP contribution in [0.5, 0.6) is 0 Å². The van der Waals surface area contributed by atoms with Gasteiger partial charge in [-0.25, -0.2) is 0 Å². The molecule has 6 nitrogen and oxygen atoms in total. The molecule has 0 saturated heterocycles. The third-order valence-electron chi connectivity index (χ3n) is 7.26. The second-order valence-electron chi connectivity index (χ2n) is 10.3. The molecule has 2 saturated carbocycles. The minimum absolute atomic E-state index is 0. The van der Waals surface area contributed by atoms with Crippen LogP contribution < -0.4 is 0 Å². The van der Waals surface area contributed by atoms with Crippen LogP contribution in [0, 0.1) is 38.5 Å². The molecule has 216 valence electrons. The topological polar surface area (TPSA) is 74.8 Å². The summed E-state index contributed by atoms with van der Waals surface area (Å²) in [6.45, 7) is 3.66. The van der Waals surface area contributed by atoms with Gasteiger partial charge in [0, 0.05) is 0 Å². The third-order valence-corrected chi connectivity index (χ3v) is 7.86. The van der Waals surface area contributed by atoms with E-state index in [0.29, 0.717) is 12.5 Å². The number of hydrogen-bond acceptors (Lipinski definition) is 4. The van der Waals surface area contributed by atoms with E-state index < -0.39 is 10.1 Å². The SMILES string of the molecule is C[N-]CCC1CCC(CCN(C)C)CC1.C[N-]CCC1CCC(CCOS(C)(=O)=O)CC1.[CH3-].[CH3-].[W+2].[W+2]. The van der Waals surface area contributed by atoms with Gasteiger partial charge in [-0.1, -0.05) is 64.2 Å². The Balaban J connectivity index is -0.000000257. The first-order valence-electron chi connectivity index (χ1n) is 12.8. The summed E-state index contributed by atoms with van der Waals surface area (Å²) in [5, 5.41) is 8.34. The molecule has 0 aromatic heterocycles. The van der Waals surface area contributed by atoms with Gasteiger partial charge in [0.15, 0.2) is 0 Å². The van der Waals surface area contributed by atoms with E-state index in [1.165, 1.54) is 77.2 Å². The van der Waals surface area contributed by atoms with Crippen molar-refractivity contribution in [1.82, 2.24) is 4.90 Å². The fraction of sp³-hybridized carbons (Fsp3) is 0.926. The fourth-order valence-corrected chi connectivity index (χ4v) is 5.45. The number of rotatable bonds is 13. The molecule has 2 rings (SSSR count). The Labute approximate surface area is 255 Å². The second-order valence-corrected chi connectivity index (χ2v) is 12.0. The Morgan fingerprint density at radius 2 is 1.03 bits per heavy atom. The number of hydrogen-bond donors (Lipinski definition) is 0. The van der Waals surface area contributed by atoms with Gasteiger partial charge in [-0.05, 0) is 57.2 Å². The van der Waals surface area contributed by atoms with Gasteiger partial charge in [0.05, 0.1) is 12.9 Å². The Morgan fingerprint density at radius 1 is 0.694 bits per heavy atom. The molecule has 2 aliphatic carbocycles. The molecule has 0 aliphatic heterocycles. The largest absolute Gasteiger partial charge is 2.00 e. The van der Waals surface area contributed by atoms with Gasteiger partial charge in [-0.15, -0.1) is 13.1 Å². The van der Waals surface area contributed by atoms with Crippen LogP contribution in [0.15, 0.2) is 0 Å². The van der Waals surface area contributed by atoms with Crippen LogP contribution in [-0.4, -0.2) is 74.0 Å². The van der Waals surface area contributed by atoms with Crippen LogP contribution in [0.3, 0.4) is 0 Å². The third kappa shape index (κ3) is 24.2. The monoisotopic (exact) mass is 871 g/mol. The van der Waals surface area contributed by atoms with E-state index in [2.05, 4.69) is 29.6 Å². The fourth-order valence-electron chi connectivity index (χ4n) is 5.05. The molecular formula is C27H57N3O3SW2. The van der Waals surface area contributed by atoms with Crippen molar-refractivity contribution in [2.75, 3.05) is 60.7 Å². The molecule has 2 fully saturated rings. The summed E-state index contributed by atoms with van der Waals surface area (Å²) in [5.41, 5.74) is 0. The van der Waals surface area contributed by atoms with E-state index in [1.807, 2.05) is 14.1 Å². The summed E-state index contributed by atoms with van der Waals surface area (Å²) in [7, 11) is 4.89. The van der Waals surface area contributed by atoms with Crippen molar-refractivity contribution >= 4 is 10.1 Å². The van der Waals surface area contributed by atoms with Crippen LogP contribution >= 0.6 is 0 Å². The summed E-state index contributed by atoms with van der Waals surface area (Å²) >= 11 is 0. The minimum atomic E-state index is -3.26. The Bertz CT molecular complexity index is 552. The van der Waals surface area contributed by atoms with Crippen LogP contribution in [0.25, 0.3) is 10.6 Å². The zero-order valence-electron chi connectivity index (χ0n) is 24.4. The molecule has 0 unspecified atom stereocenters. The van der Waals surface area contributed by atoms with Gasteiger partial charge in [0.25, 0.3) is 10.1 Å². The molecule has 36 heavy (non-hydrogen) atoms. The van der Waals surface area contributed by atoms with Gasteiger partial charge in [0.2, 0.25) is 0 Å². The Kier molecular flexibility index (Phi) is 32.4. The van der Waals surface area contributed by atoms with Crippen molar-refractivity contribution in [2.24, 2.45) is 23.7 Å². The maximum absolute atomic E-state index is 10.8. The quantitative estimate of drug-likeness (QED) is 0.155. The standard InChI is InChI=1S/C13H27N2.C12H24NO3S.2CH3.2W/c1-14-10-8-12-4-6-13(7-5-12)9-11-15(2)3;1-13-9-7-11-3-5-12(6-4-11)8-10-16-17(2,14)15;;;;/h12-13H,4-11H2,1-3H3;11-12H,3-10H2,1-2H3;2*1H3;;/q4*-1;2*+2. The summed E-state index contributed by atoms with van der Waals surface area (Å²) in [6, 6.07) is 0.